The molecule has 0 amide bonds. The average molecular weight is 262 g/mol. The van der Waals surface area contributed by atoms with Crippen molar-refractivity contribution in [2.45, 2.75) is 29.6 Å². The fourth-order valence-corrected chi connectivity index (χ4v) is 2.22. The molecule has 0 unspecified atom stereocenters. The summed E-state index contributed by atoms with van der Waals surface area (Å²) < 4.78 is 10.0. The van der Waals surface area contributed by atoms with Gasteiger partial charge in [-0.15, -0.1) is 10.2 Å². The van der Waals surface area contributed by atoms with E-state index in [1.54, 1.807) is 11.8 Å². The number of hydrogen-bond acceptors (Lipinski definition) is 7. The summed E-state index contributed by atoms with van der Waals surface area (Å²) in [5, 5.41) is 7.87. The molecule has 0 aliphatic heterocycles. The largest absolute Gasteiger partial charge is 0.468 e. The molecular weight excluding hydrogens is 248 g/mol. The molecule has 0 saturated carbocycles. The fourth-order valence-electron chi connectivity index (χ4n) is 1.02. The van der Waals surface area contributed by atoms with Crippen LogP contribution in [0, 0.1) is 0 Å². The van der Waals surface area contributed by atoms with Gasteiger partial charge >= 0.3 is 5.97 Å². The third-order valence-corrected chi connectivity index (χ3v) is 3.51. The number of nitrogens with zero attached hydrogens (tertiary/aromatic N) is 2. The molecule has 0 aromatic carbocycles. The van der Waals surface area contributed by atoms with Crippen LogP contribution in [0.25, 0.3) is 0 Å². The number of carbonyl (C=O) groups is 1. The topological polar surface area (TPSA) is 65.2 Å². The van der Waals surface area contributed by atoms with Crippen molar-refractivity contribution in [2.24, 2.45) is 0 Å². The Labute approximate surface area is 103 Å². The fraction of sp³-hybridized carbons (Fsp3) is 0.667. The molecule has 0 fully saturated rings. The van der Waals surface area contributed by atoms with Gasteiger partial charge in [0.15, 0.2) is 0 Å². The number of ether oxygens (including phenoxy) is 1. The lowest BCUT2D eigenvalue weighted by Crippen LogP contribution is -2.17. The quantitative estimate of drug-likeness (QED) is 0.573. The lowest BCUT2D eigenvalue weighted by Gasteiger charge is -2.08. The molecule has 16 heavy (non-hydrogen) atoms. The van der Waals surface area contributed by atoms with Gasteiger partial charge in [0.25, 0.3) is 5.22 Å². The minimum Gasteiger partial charge on any atom is -0.468 e. The second kappa shape index (κ2) is 6.80. The van der Waals surface area contributed by atoms with E-state index in [1.807, 2.05) is 13.2 Å². The predicted octanol–water partition coefficient (Wildman–Crippen LogP) is 1.98. The van der Waals surface area contributed by atoms with Crippen molar-refractivity contribution in [3.05, 3.63) is 5.89 Å². The number of aromatic nitrogens is 2. The monoisotopic (exact) mass is 262 g/mol. The van der Waals surface area contributed by atoms with Gasteiger partial charge in [-0.1, -0.05) is 18.7 Å². The average Bonchev–Trinajstić information content (AvgIpc) is 2.73. The van der Waals surface area contributed by atoms with Gasteiger partial charge in [0.2, 0.25) is 5.89 Å². The first-order valence-corrected chi connectivity index (χ1v) is 7.04. The molecule has 7 heteroatoms. The van der Waals surface area contributed by atoms with Gasteiger partial charge < -0.3 is 9.15 Å². The van der Waals surface area contributed by atoms with E-state index < -0.39 is 0 Å². The maximum absolute atomic E-state index is 11.3. The van der Waals surface area contributed by atoms with E-state index in [9.17, 15) is 4.79 Å². The zero-order chi connectivity index (χ0) is 12.0. The molecule has 0 bridgehead atoms. The predicted molar refractivity (Wildman–Crippen MR) is 63.5 cm³/mol. The van der Waals surface area contributed by atoms with Gasteiger partial charge in [0.05, 0.1) is 12.9 Å². The summed E-state index contributed by atoms with van der Waals surface area (Å²) in [6, 6.07) is 0. The first kappa shape index (κ1) is 13.4. The molecular formula is C9H14N2O3S2. The van der Waals surface area contributed by atoms with Crippen LogP contribution in [0.5, 0.6) is 0 Å². The van der Waals surface area contributed by atoms with Crippen molar-refractivity contribution in [3.8, 4) is 0 Å². The molecule has 0 aliphatic carbocycles. The highest BCUT2D eigenvalue weighted by Crippen LogP contribution is 2.25. The van der Waals surface area contributed by atoms with E-state index >= 15 is 0 Å². The minimum atomic E-state index is -0.285. The Kier molecular flexibility index (Phi) is 5.68. The number of hydrogen-bond donors (Lipinski definition) is 0. The van der Waals surface area contributed by atoms with Crippen molar-refractivity contribution in [1.82, 2.24) is 10.2 Å². The van der Waals surface area contributed by atoms with Crippen molar-refractivity contribution in [2.75, 3.05) is 13.4 Å². The summed E-state index contributed by atoms with van der Waals surface area (Å²) in [7, 11) is 1.37. The van der Waals surface area contributed by atoms with Gasteiger partial charge in [-0.05, 0) is 12.7 Å². The maximum atomic E-state index is 11.3. The van der Waals surface area contributed by atoms with Crippen LogP contribution in [0.1, 0.15) is 19.2 Å². The smallest absolute Gasteiger partial charge is 0.319 e. The van der Waals surface area contributed by atoms with Crippen LogP contribution < -0.4 is 0 Å². The molecule has 5 nitrogen and oxygen atoms in total. The summed E-state index contributed by atoms with van der Waals surface area (Å²) in [4.78, 5) is 11.3. The number of carbonyl (C=O) groups excluding carboxylic acids is 1. The van der Waals surface area contributed by atoms with Crippen LogP contribution in [0.4, 0.5) is 0 Å². The van der Waals surface area contributed by atoms with E-state index in [0.29, 0.717) is 23.3 Å². The summed E-state index contributed by atoms with van der Waals surface area (Å²) in [6.45, 7) is 1.91. The Balaban J connectivity index is 2.59. The van der Waals surface area contributed by atoms with Crippen LogP contribution in [-0.2, 0) is 15.3 Å². The molecule has 0 saturated heterocycles. The number of esters is 1. The molecule has 0 N–H and O–H groups in total. The molecule has 1 aromatic heterocycles. The lowest BCUT2D eigenvalue weighted by atomic mass is 10.3. The van der Waals surface area contributed by atoms with Gasteiger partial charge in [0.1, 0.15) is 5.25 Å². The summed E-state index contributed by atoms with van der Waals surface area (Å²) in [5.41, 5.74) is 0. The molecule has 1 heterocycles. The van der Waals surface area contributed by atoms with Crippen molar-refractivity contribution < 1.29 is 13.9 Å². The summed E-state index contributed by atoms with van der Waals surface area (Å²) >= 11 is 2.85. The summed E-state index contributed by atoms with van der Waals surface area (Å²) in [6.07, 6.45) is 2.62. The van der Waals surface area contributed by atoms with E-state index in [-0.39, 0.29) is 11.2 Å². The van der Waals surface area contributed by atoms with Gasteiger partial charge in [-0.3, -0.25) is 4.79 Å². The Morgan fingerprint density at radius 1 is 1.56 bits per heavy atom. The number of methoxy groups -OCH3 is 1. The van der Waals surface area contributed by atoms with Crippen LogP contribution in [-0.4, -0.2) is 34.8 Å². The third-order valence-electron chi connectivity index (χ3n) is 1.79. The SMILES string of the molecule is CC[C@H](Sc1nnc(CSC)o1)C(=O)OC. The number of thioether (sulfide) groups is 2. The van der Waals surface area contributed by atoms with Crippen LogP contribution in [0.3, 0.4) is 0 Å². The van der Waals surface area contributed by atoms with Crippen LogP contribution in [0.2, 0.25) is 0 Å². The van der Waals surface area contributed by atoms with E-state index in [4.69, 9.17) is 4.42 Å². The second-order valence-electron chi connectivity index (χ2n) is 2.93. The van der Waals surface area contributed by atoms with Gasteiger partial charge in [-0.25, -0.2) is 0 Å². The van der Waals surface area contributed by atoms with Crippen molar-refractivity contribution >= 4 is 29.5 Å². The first-order valence-electron chi connectivity index (χ1n) is 4.77. The normalized spacial score (nSPS) is 12.4. The molecule has 0 aliphatic rings. The highest BCUT2D eigenvalue weighted by Gasteiger charge is 2.21. The van der Waals surface area contributed by atoms with E-state index in [0.717, 1.165) is 0 Å². The molecule has 1 atom stereocenters. The maximum Gasteiger partial charge on any atom is 0.319 e. The summed E-state index contributed by atoms with van der Waals surface area (Å²) in [5.74, 6) is 0.995. The van der Waals surface area contributed by atoms with E-state index in [2.05, 4.69) is 14.9 Å². The zero-order valence-electron chi connectivity index (χ0n) is 9.43. The lowest BCUT2D eigenvalue weighted by molar-refractivity contribution is -0.140. The third kappa shape index (κ3) is 3.71. The Morgan fingerprint density at radius 3 is 2.88 bits per heavy atom. The molecule has 1 rings (SSSR count). The number of rotatable bonds is 6. The van der Waals surface area contributed by atoms with Crippen molar-refractivity contribution in [1.29, 1.82) is 0 Å². The molecule has 90 valence electrons. The second-order valence-corrected chi connectivity index (χ2v) is 4.95. The molecule has 1 aromatic rings. The van der Waals surface area contributed by atoms with Crippen molar-refractivity contribution in [3.63, 3.8) is 0 Å². The van der Waals surface area contributed by atoms with E-state index in [1.165, 1.54) is 18.9 Å². The Morgan fingerprint density at radius 2 is 2.31 bits per heavy atom. The highest BCUT2D eigenvalue weighted by molar-refractivity contribution is 8.00. The zero-order valence-corrected chi connectivity index (χ0v) is 11.1. The van der Waals surface area contributed by atoms with Gasteiger partial charge in [-0.2, -0.15) is 11.8 Å². The Hall–Kier alpha value is -0.690. The molecule has 0 radical (unpaired) electrons. The highest BCUT2D eigenvalue weighted by atomic mass is 32.2. The molecule has 0 spiro atoms. The Bertz CT molecular complexity index is 343. The minimum absolute atomic E-state index is 0.267. The van der Waals surface area contributed by atoms with Gasteiger partial charge in [0, 0.05) is 0 Å². The van der Waals surface area contributed by atoms with Crippen LogP contribution >= 0.6 is 23.5 Å². The van der Waals surface area contributed by atoms with Crippen LogP contribution in [0.15, 0.2) is 9.64 Å². The standard InChI is InChI=1S/C9H14N2O3S2/c1-4-6(8(12)13-2)16-9-11-10-7(14-9)5-15-3/h6H,4-5H2,1-3H3/t6-/m0/s1. The first-order chi connectivity index (χ1) is 7.71.